The fraction of sp³-hybridized carbons (Fsp3) is 0.714. The van der Waals surface area contributed by atoms with Gasteiger partial charge in [-0.15, -0.1) is 0 Å². The molecule has 7 heteroatoms. The van der Waals surface area contributed by atoms with Gasteiger partial charge in [0.1, 0.15) is 0 Å². The number of aryl methyl sites for hydroxylation is 1. The number of nitrogens with one attached hydrogen (secondary N) is 3. The monoisotopic (exact) mass is 414 g/mol. The predicted octanol–water partition coefficient (Wildman–Crippen LogP) is 2.78. The average molecular weight is 415 g/mol. The Hall–Kier alpha value is -0.990. The summed E-state index contributed by atoms with van der Waals surface area (Å²) in [6.45, 7) is 11.9. The first-order valence-electron chi connectivity index (χ1n) is 10.7. The molecule has 0 aliphatic heterocycles. The largest absolute Gasteiger partial charge is 0.330 e. The van der Waals surface area contributed by atoms with Gasteiger partial charge in [-0.05, 0) is 83.9 Å². The molecule has 164 valence electrons. The van der Waals surface area contributed by atoms with Gasteiger partial charge in [0.05, 0.1) is 4.90 Å². The van der Waals surface area contributed by atoms with Crippen molar-refractivity contribution in [2.75, 3.05) is 39.3 Å². The first kappa shape index (κ1) is 27.0. The molecule has 0 saturated carbocycles. The third kappa shape index (κ3) is 15.0. The Morgan fingerprint density at radius 1 is 0.821 bits per heavy atom. The van der Waals surface area contributed by atoms with Gasteiger partial charge in [0, 0.05) is 6.54 Å². The van der Waals surface area contributed by atoms with E-state index in [0.717, 1.165) is 44.7 Å². The van der Waals surface area contributed by atoms with E-state index >= 15 is 0 Å². The molecule has 0 radical (unpaired) electrons. The van der Waals surface area contributed by atoms with Gasteiger partial charge in [-0.3, -0.25) is 0 Å². The van der Waals surface area contributed by atoms with Crippen molar-refractivity contribution in [1.82, 2.24) is 15.4 Å². The number of rotatable bonds is 15. The van der Waals surface area contributed by atoms with Crippen LogP contribution in [0.4, 0.5) is 0 Å². The zero-order chi connectivity index (χ0) is 21.1. The van der Waals surface area contributed by atoms with Gasteiger partial charge >= 0.3 is 0 Å². The van der Waals surface area contributed by atoms with Crippen LogP contribution in [0.25, 0.3) is 0 Å². The summed E-state index contributed by atoms with van der Waals surface area (Å²) in [6.07, 6.45) is 7.06. The molecule has 1 rings (SSSR count). The van der Waals surface area contributed by atoms with Crippen molar-refractivity contribution in [2.24, 2.45) is 5.73 Å². The normalized spacial score (nSPS) is 11.1. The van der Waals surface area contributed by atoms with E-state index in [1.165, 1.54) is 32.1 Å². The summed E-state index contributed by atoms with van der Waals surface area (Å²) < 4.78 is 25.7. The van der Waals surface area contributed by atoms with Crippen LogP contribution in [0.1, 0.15) is 57.9 Å². The fourth-order valence-corrected chi connectivity index (χ4v) is 3.54. The molecule has 5 N–H and O–H groups in total. The van der Waals surface area contributed by atoms with Crippen LogP contribution < -0.4 is 21.1 Å². The summed E-state index contributed by atoms with van der Waals surface area (Å²) in [4.78, 5) is 0.330. The predicted molar refractivity (Wildman–Crippen MR) is 120 cm³/mol. The Labute approximate surface area is 173 Å². The maximum absolute atomic E-state index is 11.6. The van der Waals surface area contributed by atoms with E-state index in [-0.39, 0.29) is 0 Å². The fourth-order valence-electron chi connectivity index (χ4n) is 2.41. The molecule has 1 aromatic rings. The van der Waals surface area contributed by atoms with E-state index in [1.807, 2.05) is 13.8 Å². The van der Waals surface area contributed by atoms with Gasteiger partial charge in [0.15, 0.2) is 0 Å². The molecule has 1 aromatic carbocycles. The molecule has 6 nitrogen and oxygen atoms in total. The van der Waals surface area contributed by atoms with E-state index in [2.05, 4.69) is 22.3 Å². The Bertz CT molecular complexity index is 550. The van der Waals surface area contributed by atoms with Gasteiger partial charge in [-0.2, -0.15) is 0 Å². The van der Waals surface area contributed by atoms with Gasteiger partial charge < -0.3 is 16.4 Å². The van der Waals surface area contributed by atoms with Crippen LogP contribution in [0.15, 0.2) is 29.2 Å². The second-order valence-electron chi connectivity index (χ2n) is 6.87. The Morgan fingerprint density at radius 3 is 1.93 bits per heavy atom. The van der Waals surface area contributed by atoms with Crippen molar-refractivity contribution in [3.63, 3.8) is 0 Å². The number of unbranched alkanes of at least 4 members (excludes halogenated alkanes) is 3. The highest BCUT2D eigenvalue weighted by atomic mass is 32.2. The van der Waals surface area contributed by atoms with Gasteiger partial charge in [0.2, 0.25) is 10.0 Å². The van der Waals surface area contributed by atoms with E-state index in [4.69, 9.17) is 5.73 Å². The van der Waals surface area contributed by atoms with Gasteiger partial charge in [0.25, 0.3) is 0 Å². The maximum atomic E-state index is 11.6. The standard InChI is InChI=1S/C11H27N3.C10H15NO2S/c1-2-13-9-6-7-11-14-10-5-3-4-8-12;1-3-8-11-14(12,13)10-6-4-9(2)5-7-10/h13-14H,2-12H2,1H3;4-7,11H,3,8H2,1-2H3. The van der Waals surface area contributed by atoms with Crippen molar-refractivity contribution in [1.29, 1.82) is 0 Å². The van der Waals surface area contributed by atoms with E-state index in [0.29, 0.717) is 11.4 Å². The molecule has 28 heavy (non-hydrogen) atoms. The zero-order valence-corrected chi connectivity index (χ0v) is 18.9. The van der Waals surface area contributed by atoms with Crippen LogP contribution in [-0.2, 0) is 10.0 Å². The van der Waals surface area contributed by atoms with Crippen LogP contribution in [0.3, 0.4) is 0 Å². The Balaban J connectivity index is 0.000000521. The van der Waals surface area contributed by atoms with Crippen molar-refractivity contribution in [3.05, 3.63) is 29.8 Å². The number of hydrogen-bond acceptors (Lipinski definition) is 5. The maximum Gasteiger partial charge on any atom is 0.240 e. The third-order valence-corrected chi connectivity index (χ3v) is 5.62. The van der Waals surface area contributed by atoms with Crippen molar-refractivity contribution < 1.29 is 8.42 Å². The van der Waals surface area contributed by atoms with Crippen LogP contribution in [0.2, 0.25) is 0 Å². The van der Waals surface area contributed by atoms with E-state index in [1.54, 1.807) is 24.3 Å². The Kier molecular flexibility index (Phi) is 17.4. The molecule has 0 fully saturated rings. The smallest absolute Gasteiger partial charge is 0.240 e. The van der Waals surface area contributed by atoms with Gasteiger partial charge in [-0.25, -0.2) is 13.1 Å². The van der Waals surface area contributed by atoms with Gasteiger partial charge in [-0.1, -0.05) is 38.0 Å². The highest BCUT2D eigenvalue weighted by Gasteiger charge is 2.11. The third-order valence-electron chi connectivity index (χ3n) is 4.14. The SMILES string of the molecule is CCCNS(=O)(=O)c1ccc(C)cc1.CCNCCCCNCCCCCN. The summed E-state index contributed by atoms with van der Waals surface area (Å²) in [5.41, 5.74) is 6.47. The second-order valence-corrected chi connectivity index (χ2v) is 8.64. The number of nitrogens with two attached hydrogens (primary N) is 1. The summed E-state index contributed by atoms with van der Waals surface area (Å²) in [7, 11) is -3.29. The quantitative estimate of drug-likeness (QED) is 0.331. The minimum absolute atomic E-state index is 0.330. The van der Waals surface area contributed by atoms with Crippen molar-refractivity contribution >= 4 is 10.0 Å². The van der Waals surface area contributed by atoms with Crippen molar-refractivity contribution in [3.8, 4) is 0 Å². The van der Waals surface area contributed by atoms with Crippen LogP contribution >= 0.6 is 0 Å². The molecule has 0 heterocycles. The highest BCUT2D eigenvalue weighted by Crippen LogP contribution is 2.09. The summed E-state index contributed by atoms with van der Waals surface area (Å²) >= 11 is 0. The number of sulfonamides is 1. The minimum Gasteiger partial charge on any atom is -0.330 e. The molecule has 0 unspecified atom stereocenters. The average Bonchev–Trinajstić information content (AvgIpc) is 2.69. The molecule has 0 spiro atoms. The second kappa shape index (κ2) is 18.1. The first-order valence-corrected chi connectivity index (χ1v) is 12.1. The first-order chi connectivity index (χ1) is 13.5. The Morgan fingerprint density at radius 2 is 1.39 bits per heavy atom. The highest BCUT2D eigenvalue weighted by molar-refractivity contribution is 7.89. The molecule has 0 atom stereocenters. The lowest BCUT2D eigenvalue weighted by Gasteiger charge is -2.05. The molecule has 0 aliphatic rings. The minimum atomic E-state index is -3.29. The lowest BCUT2D eigenvalue weighted by Crippen LogP contribution is -2.24. The molecular weight excluding hydrogens is 372 g/mol. The number of benzene rings is 1. The van der Waals surface area contributed by atoms with E-state index < -0.39 is 10.0 Å². The lowest BCUT2D eigenvalue weighted by molar-refractivity contribution is 0.566. The summed E-state index contributed by atoms with van der Waals surface area (Å²) in [5, 5.41) is 6.78. The summed E-state index contributed by atoms with van der Waals surface area (Å²) in [6, 6.07) is 6.82. The topological polar surface area (TPSA) is 96.2 Å². The lowest BCUT2D eigenvalue weighted by atomic mass is 10.2. The summed E-state index contributed by atoms with van der Waals surface area (Å²) in [5.74, 6) is 0. The number of hydrogen-bond donors (Lipinski definition) is 4. The molecule has 0 amide bonds. The zero-order valence-electron chi connectivity index (χ0n) is 18.1. The van der Waals surface area contributed by atoms with Crippen molar-refractivity contribution in [2.45, 2.75) is 64.2 Å². The molecule has 0 aromatic heterocycles. The van der Waals surface area contributed by atoms with E-state index in [9.17, 15) is 8.42 Å². The van der Waals surface area contributed by atoms with Crippen LogP contribution in [-0.4, -0.2) is 47.7 Å². The molecule has 0 aliphatic carbocycles. The van der Waals surface area contributed by atoms with Crippen LogP contribution in [0, 0.1) is 6.92 Å². The molecule has 0 bridgehead atoms. The van der Waals surface area contributed by atoms with Crippen LogP contribution in [0.5, 0.6) is 0 Å². The molecule has 0 saturated heterocycles. The molecular formula is C21H42N4O2S.